The van der Waals surface area contributed by atoms with Crippen LogP contribution in [-0.4, -0.2) is 36.0 Å². The molecule has 0 fully saturated rings. The number of rotatable bonds is 9. The summed E-state index contributed by atoms with van der Waals surface area (Å²) in [4.78, 5) is 29.1. The van der Waals surface area contributed by atoms with E-state index in [9.17, 15) is 9.59 Å². The highest BCUT2D eigenvalue weighted by atomic mass is 32.1. The summed E-state index contributed by atoms with van der Waals surface area (Å²) in [6, 6.07) is 6.29. The minimum Gasteiger partial charge on any atom is -0.494 e. The number of carbonyl (C=O) groups excluding carboxylic acids is 2. The number of hydrogen-bond donors (Lipinski definition) is 2. The van der Waals surface area contributed by atoms with Gasteiger partial charge in [0.2, 0.25) is 5.91 Å². The third-order valence-electron chi connectivity index (χ3n) is 3.78. The summed E-state index contributed by atoms with van der Waals surface area (Å²) in [5.41, 5.74) is 0.495. The van der Waals surface area contributed by atoms with Crippen molar-refractivity contribution in [3.8, 4) is 5.75 Å². The number of amides is 2. The van der Waals surface area contributed by atoms with E-state index in [1.165, 1.54) is 0 Å². The van der Waals surface area contributed by atoms with Crippen molar-refractivity contribution >= 4 is 23.2 Å². The Morgan fingerprint density at radius 1 is 1.23 bits per heavy atom. The maximum Gasteiger partial charge on any atom is 0.251 e. The van der Waals surface area contributed by atoms with Crippen molar-refractivity contribution in [1.29, 1.82) is 0 Å². The van der Waals surface area contributed by atoms with E-state index in [0.29, 0.717) is 30.9 Å². The first-order chi connectivity index (χ1) is 12.5. The molecule has 2 aromatic rings. The zero-order valence-electron chi connectivity index (χ0n) is 15.3. The molecule has 0 saturated heterocycles. The van der Waals surface area contributed by atoms with Gasteiger partial charge in [0.1, 0.15) is 11.8 Å². The lowest BCUT2D eigenvalue weighted by atomic mass is 10.0. The van der Waals surface area contributed by atoms with Crippen molar-refractivity contribution in [1.82, 2.24) is 15.6 Å². The van der Waals surface area contributed by atoms with Crippen LogP contribution in [0.15, 0.2) is 35.8 Å². The van der Waals surface area contributed by atoms with E-state index < -0.39 is 6.04 Å². The van der Waals surface area contributed by atoms with E-state index in [0.717, 1.165) is 5.01 Å². The molecule has 140 valence electrons. The average molecular weight is 375 g/mol. The highest BCUT2D eigenvalue weighted by Gasteiger charge is 2.24. The number of benzene rings is 1. The molecule has 1 heterocycles. The van der Waals surface area contributed by atoms with E-state index >= 15 is 0 Å². The maximum absolute atomic E-state index is 12.5. The summed E-state index contributed by atoms with van der Waals surface area (Å²) in [5.74, 6) is 0.226. The Morgan fingerprint density at radius 3 is 2.54 bits per heavy atom. The van der Waals surface area contributed by atoms with Gasteiger partial charge in [-0.2, -0.15) is 0 Å². The lowest BCUT2D eigenvalue weighted by Crippen LogP contribution is -2.50. The van der Waals surface area contributed by atoms with Crippen LogP contribution in [0.3, 0.4) is 0 Å². The van der Waals surface area contributed by atoms with E-state index in [4.69, 9.17) is 4.74 Å². The molecule has 2 rings (SSSR count). The lowest BCUT2D eigenvalue weighted by molar-refractivity contribution is -0.123. The number of hydrogen-bond acceptors (Lipinski definition) is 5. The normalized spacial score (nSPS) is 11.8. The van der Waals surface area contributed by atoms with Crippen LogP contribution in [0, 0.1) is 5.92 Å². The van der Waals surface area contributed by atoms with Gasteiger partial charge in [0.25, 0.3) is 5.91 Å². The Hall–Kier alpha value is -2.41. The fourth-order valence-corrected chi connectivity index (χ4v) is 3.03. The Labute approximate surface area is 158 Å². The molecule has 0 spiro atoms. The van der Waals surface area contributed by atoms with Crippen LogP contribution in [0.1, 0.15) is 36.1 Å². The van der Waals surface area contributed by atoms with Gasteiger partial charge in [0.15, 0.2) is 0 Å². The zero-order chi connectivity index (χ0) is 18.9. The summed E-state index contributed by atoms with van der Waals surface area (Å²) in [7, 11) is 0. The van der Waals surface area contributed by atoms with Crippen molar-refractivity contribution in [3.63, 3.8) is 0 Å². The Balaban J connectivity index is 1.91. The van der Waals surface area contributed by atoms with Crippen molar-refractivity contribution in [2.45, 2.75) is 33.2 Å². The Kier molecular flexibility index (Phi) is 7.59. The number of nitrogens with one attached hydrogen (secondary N) is 2. The van der Waals surface area contributed by atoms with Crippen molar-refractivity contribution in [3.05, 3.63) is 46.4 Å². The topological polar surface area (TPSA) is 80.3 Å². The van der Waals surface area contributed by atoms with Crippen molar-refractivity contribution < 1.29 is 14.3 Å². The minimum atomic E-state index is -0.592. The second-order valence-electron chi connectivity index (χ2n) is 6.12. The van der Waals surface area contributed by atoms with Crippen LogP contribution in [0.4, 0.5) is 0 Å². The molecule has 1 unspecified atom stereocenters. The summed E-state index contributed by atoms with van der Waals surface area (Å²) in [6.45, 7) is 6.78. The Morgan fingerprint density at radius 2 is 1.96 bits per heavy atom. The second-order valence-corrected chi connectivity index (χ2v) is 7.10. The summed E-state index contributed by atoms with van der Waals surface area (Å²) in [6.07, 6.45) is 2.43. The predicted octanol–water partition coefficient (Wildman–Crippen LogP) is 2.66. The second kappa shape index (κ2) is 9.91. The zero-order valence-corrected chi connectivity index (χ0v) is 16.1. The molecule has 0 aliphatic carbocycles. The van der Waals surface area contributed by atoms with Gasteiger partial charge < -0.3 is 15.4 Å². The molecule has 1 aromatic heterocycles. The standard InChI is InChI=1S/C19H25N3O3S/c1-4-25-15-7-5-14(6-8-15)18(23)22-17(13(2)3)19(24)21-10-9-16-20-11-12-26-16/h5-8,11-13,17H,4,9-10H2,1-3H3,(H,21,24)(H,22,23). The molecular weight excluding hydrogens is 350 g/mol. The molecule has 0 bridgehead atoms. The van der Waals surface area contributed by atoms with Gasteiger partial charge in [-0.3, -0.25) is 9.59 Å². The van der Waals surface area contributed by atoms with E-state index in [1.807, 2.05) is 26.2 Å². The first kappa shape index (κ1) is 19.9. The quantitative estimate of drug-likeness (QED) is 0.706. The summed E-state index contributed by atoms with van der Waals surface area (Å²) in [5, 5.41) is 8.59. The highest BCUT2D eigenvalue weighted by Crippen LogP contribution is 2.13. The van der Waals surface area contributed by atoms with Crippen LogP contribution >= 0.6 is 11.3 Å². The van der Waals surface area contributed by atoms with E-state index in [1.54, 1.807) is 41.8 Å². The molecule has 0 aliphatic rings. The number of carbonyl (C=O) groups is 2. The van der Waals surface area contributed by atoms with Crippen LogP contribution < -0.4 is 15.4 Å². The molecule has 7 heteroatoms. The van der Waals surface area contributed by atoms with Gasteiger partial charge in [0, 0.05) is 30.1 Å². The van der Waals surface area contributed by atoms with Gasteiger partial charge in [-0.05, 0) is 37.1 Å². The van der Waals surface area contributed by atoms with Crippen LogP contribution in [0.5, 0.6) is 5.75 Å². The number of nitrogens with zero attached hydrogens (tertiary/aromatic N) is 1. The van der Waals surface area contributed by atoms with E-state index in [-0.39, 0.29) is 17.7 Å². The fraction of sp³-hybridized carbons (Fsp3) is 0.421. The van der Waals surface area contributed by atoms with Crippen LogP contribution in [0.2, 0.25) is 0 Å². The van der Waals surface area contributed by atoms with Crippen molar-refractivity contribution in [2.24, 2.45) is 5.92 Å². The molecule has 1 atom stereocenters. The van der Waals surface area contributed by atoms with E-state index in [2.05, 4.69) is 15.6 Å². The summed E-state index contributed by atoms with van der Waals surface area (Å²) >= 11 is 1.56. The van der Waals surface area contributed by atoms with Gasteiger partial charge in [0.05, 0.1) is 11.6 Å². The molecule has 0 radical (unpaired) electrons. The molecule has 6 nitrogen and oxygen atoms in total. The molecule has 0 aliphatic heterocycles. The molecule has 0 saturated carbocycles. The Bertz CT molecular complexity index is 699. The molecule has 2 amide bonds. The minimum absolute atomic E-state index is 0.0264. The molecule has 26 heavy (non-hydrogen) atoms. The third-order valence-corrected chi connectivity index (χ3v) is 4.62. The first-order valence-electron chi connectivity index (χ1n) is 8.71. The smallest absolute Gasteiger partial charge is 0.251 e. The first-order valence-corrected chi connectivity index (χ1v) is 9.59. The van der Waals surface area contributed by atoms with Crippen LogP contribution in [0.25, 0.3) is 0 Å². The lowest BCUT2D eigenvalue weighted by Gasteiger charge is -2.21. The SMILES string of the molecule is CCOc1ccc(C(=O)NC(C(=O)NCCc2nccs2)C(C)C)cc1. The fourth-order valence-electron chi connectivity index (χ4n) is 2.41. The monoisotopic (exact) mass is 375 g/mol. The highest BCUT2D eigenvalue weighted by molar-refractivity contribution is 7.09. The largest absolute Gasteiger partial charge is 0.494 e. The van der Waals surface area contributed by atoms with Gasteiger partial charge in [-0.15, -0.1) is 11.3 Å². The molecule has 1 aromatic carbocycles. The van der Waals surface area contributed by atoms with Gasteiger partial charge in [-0.1, -0.05) is 13.8 Å². The van der Waals surface area contributed by atoms with Gasteiger partial charge in [-0.25, -0.2) is 4.98 Å². The number of aromatic nitrogens is 1. The average Bonchev–Trinajstić information content (AvgIpc) is 3.13. The van der Waals surface area contributed by atoms with Crippen molar-refractivity contribution in [2.75, 3.05) is 13.2 Å². The molecular formula is C19H25N3O3S. The summed E-state index contributed by atoms with van der Waals surface area (Å²) < 4.78 is 5.37. The number of ether oxygens (including phenoxy) is 1. The predicted molar refractivity (Wildman–Crippen MR) is 103 cm³/mol. The third kappa shape index (κ3) is 5.84. The maximum atomic E-state index is 12.5. The number of thiazole rings is 1. The van der Waals surface area contributed by atoms with Crippen LogP contribution in [-0.2, 0) is 11.2 Å². The van der Waals surface area contributed by atoms with Gasteiger partial charge >= 0.3 is 0 Å². The molecule has 2 N–H and O–H groups in total.